The first-order valence-corrected chi connectivity index (χ1v) is 8.19. The molecule has 4 nitrogen and oxygen atoms in total. The summed E-state index contributed by atoms with van der Waals surface area (Å²) in [6, 6.07) is 12.4. The van der Waals surface area contributed by atoms with E-state index in [-0.39, 0.29) is 0 Å². The van der Waals surface area contributed by atoms with Gasteiger partial charge in [0.05, 0.1) is 13.2 Å². The summed E-state index contributed by atoms with van der Waals surface area (Å²) in [5.41, 5.74) is 2.54. The molecular weight excluding hydrogens is 288 g/mol. The third-order valence-corrected chi connectivity index (χ3v) is 4.18. The van der Waals surface area contributed by atoms with E-state index in [1.807, 2.05) is 24.5 Å². The Balaban J connectivity index is 1.70. The Kier molecular flexibility index (Phi) is 5.61. The van der Waals surface area contributed by atoms with Crippen LogP contribution in [0.4, 0.5) is 0 Å². The monoisotopic (exact) mass is 312 g/mol. The van der Waals surface area contributed by atoms with Crippen molar-refractivity contribution < 1.29 is 9.47 Å². The number of hydrogen-bond donors (Lipinski definition) is 0. The molecule has 0 aliphatic carbocycles. The average molecular weight is 312 g/mol. The fourth-order valence-corrected chi connectivity index (χ4v) is 3.04. The second-order valence-electron chi connectivity index (χ2n) is 6.01. The van der Waals surface area contributed by atoms with Gasteiger partial charge in [-0.05, 0) is 48.2 Å². The highest BCUT2D eigenvalue weighted by Crippen LogP contribution is 2.19. The van der Waals surface area contributed by atoms with Gasteiger partial charge in [0.2, 0.25) is 0 Å². The average Bonchev–Trinajstić information content (AvgIpc) is 3.09. The number of pyridine rings is 1. The molecule has 1 aromatic carbocycles. The van der Waals surface area contributed by atoms with Crippen LogP contribution in [-0.4, -0.2) is 36.2 Å². The Labute approximate surface area is 138 Å². The van der Waals surface area contributed by atoms with Crippen molar-refractivity contribution in [3.63, 3.8) is 0 Å². The highest BCUT2D eigenvalue weighted by Gasteiger charge is 2.19. The van der Waals surface area contributed by atoms with Gasteiger partial charge in [-0.2, -0.15) is 0 Å². The van der Waals surface area contributed by atoms with Gasteiger partial charge in [-0.3, -0.25) is 9.88 Å². The second kappa shape index (κ2) is 8.09. The van der Waals surface area contributed by atoms with Crippen LogP contribution in [0.1, 0.15) is 24.0 Å². The number of benzene rings is 1. The molecule has 1 aliphatic rings. The Hall–Kier alpha value is -1.91. The van der Waals surface area contributed by atoms with Crippen LogP contribution >= 0.6 is 0 Å². The number of ether oxygens (including phenoxy) is 2. The molecule has 4 heteroatoms. The largest absolute Gasteiger partial charge is 0.497 e. The first-order valence-electron chi connectivity index (χ1n) is 8.19. The molecule has 23 heavy (non-hydrogen) atoms. The van der Waals surface area contributed by atoms with E-state index in [1.54, 1.807) is 7.11 Å². The van der Waals surface area contributed by atoms with Gasteiger partial charge in [-0.25, -0.2) is 0 Å². The molecule has 1 saturated heterocycles. The maximum absolute atomic E-state index is 5.83. The van der Waals surface area contributed by atoms with Crippen LogP contribution in [0.2, 0.25) is 0 Å². The van der Waals surface area contributed by atoms with E-state index in [9.17, 15) is 0 Å². The van der Waals surface area contributed by atoms with E-state index in [4.69, 9.17) is 9.47 Å². The lowest BCUT2D eigenvalue weighted by Crippen LogP contribution is -2.31. The highest BCUT2D eigenvalue weighted by molar-refractivity contribution is 5.28. The number of nitrogens with zero attached hydrogens (tertiary/aromatic N) is 2. The van der Waals surface area contributed by atoms with Crippen molar-refractivity contribution in [3.8, 4) is 5.75 Å². The second-order valence-corrected chi connectivity index (χ2v) is 6.01. The third kappa shape index (κ3) is 4.78. The van der Waals surface area contributed by atoms with E-state index in [1.165, 1.54) is 17.5 Å². The molecule has 2 heterocycles. The molecule has 2 aromatic rings. The van der Waals surface area contributed by atoms with Gasteiger partial charge in [0.15, 0.2) is 0 Å². The minimum Gasteiger partial charge on any atom is -0.497 e. The summed E-state index contributed by atoms with van der Waals surface area (Å²) in [6.45, 7) is 3.64. The standard InChI is InChI=1S/C19H24N2O2/c1-22-18-5-2-4-17(12-18)14-21(15-19-6-3-11-23-19)13-16-7-9-20-10-8-16/h2,4-5,7-10,12,19H,3,6,11,13-15H2,1H3. The molecule has 0 N–H and O–H groups in total. The molecule has 3 rings (SSSR count). The SMILES string of the molecule is COc1cccc(CN(Cc2ccncc2)CC2CCCO2)c1. The van der Waals surface area contributed by atoms with E-state index in [0.717, 1.165) is 38.4 Å². The minimum atomic E-state index is 0.349. The van der Waals surface area contributed by atoms with Crippen molar-refractivity contribution in [1.82, 2.24) is 9.88 Å². The lowest BCUT2D eigenvalue weighted by Gasteiger charge is -2.25. The van der Waals surface area contributed by atoms with Crippen LogP contribution in [0.25, 0.3) is 0 Å². The fraction of sp³-hybridized carbons (Fsp3) is 0.421. The number of aromatic nitrogens is 1. The molecule has 122 valence electrons. The summed E-state index contributed by atoms with van der Waals surface area (Å²) in [6.07, 6.45) is 6.39. The molecular formula is C19H24N2O2. The zero-order valence-electron chi connectivity index (χ0n) is 13.6. The van der Waals surface area contributed by atoms with Crippen LogP contribution < -0.4 is 4.74 Å². The molecule has 1 aromatic heterocycles. The van der Waals surface area contributed by atoms with Crippen LogP contribution in [0.3, 0.4) is 0 Å². The smallest absolute Gasteiger partial charge is 0.119 e. The minimum absolute atomic E-state index is 0.349. The Morgan fingerprint density at radius 1 is 1.17 bits per heavy atom. The van der Waals surface area contributed by atoms with E-state index in [0.29, 0.717) is 6.10 Å². The Morgan fingerprint density at radius 3 is 2.74 bits per heavy atom. The maximum Gasteiger partial charge on any atom is 0.119 e. The zero-order valence-corrected chi connectivity index (χ0v) is 13.6. The number of hydrogen-bond acceptors (Lipinski definition) is 4. The Morgan fingerprint density at radius 2 is 2.00 bits per heavy atom. The van der Waals surface area contributed by atoms with Crippen molar-refractivity contribution >= 4 is 0 Å². The number of methoxy groups -OCH3 is 1. The van der Waals surface area contributed by atoms with Crippen molar-refractivity contribution in [2.24, 2.45) is 0 Å². The molecule has 1 unspecified atom stereocenters. The molecule has 1 fully saturated rings. The summed E-state index contributed by atoms with van der Waals surface area (Å²) >= 11 is 0. The molecule has 0 spiro atoms. The normalized spacial score (nSPS) is 17.6. The quantitative estimate of drug-likeness (QED) is 0.786. The molecule has 0 radical (unpaired) electrons. The lowest BCUT2D eigenvalue weighted by atomic mass is 10.1. The Bertz CT molecular complexity index is 597. The van der Waals surface area contributed by atoms with Crippen molar-refractivity contribution in [2.75, 3.05) is 20.3 Å². The summed E-state index contributed by atoms with van der Waals surface area (Å²) < 4.78 is 11.2. The van der Waals surface area contributed by atoms with E-state index < -0.39 is 0 Å². The van der Waals surface area contributed by atoms with Gasteiger partial charge in [0.25, 0.3) is 0 Å². The van der Waals surface area contributed by atoms with Crippen LogP contribution in [0, 0.1) is 0 Å². The first-order chi connectivity index (χ1) is 11.3. The summed E-state index contributed by atoms with van der Waals surface area (Å²) in [5, 5.41) is 0. The first kappa shape index (κ1) is 16.0. The van der Waals surface area contributed by atoms with Gasteiger partial charge < -0.3 is 9.47 Å². The van der Waals surface area contributed by atoms with Crippen molar-refractivity contribution in [1.29, 1.82) is 0 Å². The number of rotatable bonds is 7. The van der Waals surface area contributed by atoms with E-state index in [2.05, 4.69) is 34.1 Å². The van der Waals surface area contributed by atoms with Gasteiger partial charge in [-0.15, -0.1) is 0 Å². The van der Waals surface area contributed by atoms with Crippen molar-refractivity contribution in [3.05, 3.63) is 59.9 Å². The van der Waals surface area contributed by atoms with Gasteiger partial charge >= 0.3 is 0 Å². The fourth-order valence-electron chi connectivity index (χ4n) is 3.04. The highest BCUT2D eigenvalue weighted by atomic mass is 16.5. The molecule has 1 atom stereocenters. The van der Waals surface area contributed by atoms with Gasteiger partial charge in [0, 0.05) is 38.6 Å². The predicted molar refractivity (Wildman–Crippen MR) is 90.3 cm³/mol. The van der Waals surface area contributed by atoms with E-state index >= 15 is 0 Å². The molecule has 0 bridgehead atoms. The molecule has 0 amide bonds. The molecule has 1 aliphatic heterocycles. The topological polar surface area (TPSA) is 34.6 Å². The van der Waals surface area contributed by atoms with Crippen LogP contribution in [0.15, 0.2) is 48.8 Å². The van der Waals surface area contributed by atoms with Gasteiger partial charge in [0.1, 0.15) is 5.75 Å². The molecule has 0 saturated carbocycles. The predicted octanol–water partition coefficient (Wildman–Crippen LogP) is 3.27. The summed E-state index contributed by atoms with van der Waals surface area (Å²) in [5.74, 6) is 0.906. The van der Waals surface area contributed by atoms with Crippen LogP contribution in [-0.2, 0) is 17.8 Å². The zero-order chi connectivity index (χ0) is 15.9. The maximum atomic E-state index is 5.83. The van der Waals surface area contributed by atoms with Crippen LogP contribution in [0.5, 0.6) is 5.75 Å². The lowest BCUT2D eigenvalue weighted by molar-refractivity contribution is 0.0679. The summed E-state index contributed by atoms with van der Waals surface area (Å²) in [7, 11) is 1.71. The third-order valence-electron chi connectivity index (χ3n) is 4.18. The summed E-state index contributed by atoms with van der Waals surface area (Å²) in [4.78, 5) is 6.55. The van der Waals surface area contributed by atoms with Gasteiger partial charge in [-0.1, -0.05) is 12.1 Å². The van der Waals surface area contributed by atoms with Crippen molar-refractivity contribution in [2.45, 2.75) is 32.0 Å².